The van der Waals surface area contributed by atoms with Gasteiger partial charge in [-0.1, -0.05) is 32.0 Å². The monoisotopic (exact) mass is 692 g/mol. The SMILES string of the molecule is CC(C)CCc1sc(NC(=O)c2cc(NC(=O)c3ccc(N/C=C/c4cnc5ccccc5c4)cc3)cn2C)nc1C(=O)NCCCN(C)C. The lowest BCUT2D eigenvalue weighted by Gasteiger charge is -2.10. The van der Waals surface area contributed by atoms with Crippen molar-refractivity contribution in [3.8, 4) is 0 Å². The molecule has 11 nitrogen and oxygen atoms in total. The number of nitrogens with one attached hydrogen (secondary N) is 4. The average molecular weight is 693 g/mol. The molecule has 0 fully saturated rings. The van der Waals surface area contributed by atoms with Crippen molar-refractivity contribution in [1.82, 2.24) is 24.8 Å². The van der Waals surface area contributed by atoms with Gasteiger partial charge in [-0.25, -0.2) is 4.98 Å². The highest BCUT2D eigenvalue weighted by Gasteiger charge is 2.21. The van der Waals surface area contributed by atoms with Crippen LogP contribution in [-0.2, 0) is 13.5 Å². The molecule has 2 aromatic carbocycles. The summed E-state index contributed by atoms with van der Waals surface area (Å²) in [6, 6.07) is 18.8. The van der Waals surface area contributed by atoms with Crippen LogP contribution < -0.4 is 21.3 Å². The number of carbonyl (C=O) groups excluding carboxylic acids is 3. The molecule has 0 unspecified atom stereocenters. The van der Waals surface area contributed by atoms with Gasteiger partial charge in [0.15, 0.2) is 5.13 Å². The Balaban J connectivity index is 1.17. The van der Waals surface area contributed by atoms with Gasteiger partial charge >= 0.3 is 0 Å². The van der Waals surface area contributed by atoms with E-state index in [-0.39, 0.29) is 11.8 Å². The maximum Gasteiger partial charge on any atom is 0.274 e. The summed E-state index contributed by atoms with van der Waals surface area (Å²) >= 11 is 1.32. The van der Waals surface area contributed by atoms with Crippen molar-refractivity contribution in [1.29, 1.82) is 0 Å². The molecule has 4 N–H and O–H groups in total. The topological polar surface area (TPSA) is 133 Å². The van der Waals surface area contributed by atoms with E-state index in [1.54, 1.807) is 36.0 Å². The van der Waals surface area contributed by atoms with E-state index in [2.05, 4.69) is 56.0 Å². The van der Waals surface area contributed by atoms with Crippen molar-refractivity contribution >= 4 is 62.5 Å². The van der Waals surface area contributed by atoms with Crippen LogP contribution >= 0.6 is 11.3 Å². The molecule has 3 heterocycles. The van der Waals surface area contributed by atoms with Crippen LogP contribution in [0.5, 0.6) is 0 Å². The lowest BCUT2D eigenvalue weighted by Crippen LogP contribution is -2.28. The lowest BCUT2D eigenvalue weighted by molar-refractivity contribution is 0.0944. The van der Waals surface area contributed by atoms with Crippen molar-refractivity contribution < 1.29 is 14.4 Å². The van der Waals surface area contributed by atoms with E-state index in [9.17, 15) is 14.4 Å². The molecule has 3 aromatic heterocycles. The van der Waals surface area contributed by atoms with E-state index < -0.39 is 5.91 Å². The summed E-state index contributed by atoms with van der Waals surface area (Å²) in [6.45, 7) is 5.68. The maximum absolute atomic E-state index is 13.3. The number of benzene rings is 2. The van der Waals surface area contributed by atoms with Crippen LogP contribution in [-0.4, -0.2) is 64.3 Å². The number of nitrogens with zero attached hydrogens (tertiary/aromatic N) is 4. The summed E-state index contributed by atoms with van der Waals surface area (Å²) in [5.41, 5.74) is 4.39. The fourth-order valence-corrected chi connectivity index (χ4v) is 6.18. The molecule has 0 aliphatic carbocycles. The molecule has 260 valence electrons. The number of pyridine rings is 1. The summed E-state index contributed by atoms with van der Waals surface area (Å²) in [7, 11) is 5.72. The largest absolute Gasteiger partial charge is 0.362 e. The van der Waals surface area contributed by atoms with Gasteiger partial charge in [0.2, 0.25) is 0 Å². The molecule has 3 amide bonds. The van der Waals surface area contributed by atoms with E-state index in [0.29, 0.717) is 46.7 Å². The molecule has 5 aromatic rings. The molecule has 50 heavy (non-hydrogen) atoms. The molecule has 0 spiro atoms. The number of aryl methyl sites for hydroxylation is 2. The van der Waals surface area contributed by atoms with E-state index >= 15 is 0 Å². The molecule has 5 rings (SSSR count). The first kappa shape index (κ1) is 36.0. The maximum atomic E-state index is 13.3. The first-order valence-corrected chi connectivity index (χ1v) is 17.5. The normalized spacial score (nSPS) is 11.4. The number of thiazole rings is 1. The van der Waals surface area contributed by atoms with Gasteiger partial charge < -0.3 is 25.4 Å². The van der Waals surface area contributed by atoms with E-state index in [1.165, 1.54) is 11.3 Å². The van der Waals surface area contributed by atoms with E-state index in [4.69, 9.17) is 0 Å². The van der Waals surface area contributed by atoms with Crippen LogP contribution in [0.15, 0.2) is 79.3 Å². The Bertz CT molecular complexity index is 1980. The Hall–Kier alpha value is -5.33. The summed E-state index contributed by atoms with van der Waals surface area (Å²) < 4.78 is 1.64. The summed E-state index contributed by atoms with van der Waals surface area (Å²) in [4.78, 5) is 51.3. The van der Waals surface area contributed by atoms with E-state index in [1.807, 2.05) is 69.0 Å². The van der Waals surface area contributed by atoms with Crippen LogP contribution in [0.2, 0.25) is 0 Å². The second-order valence-corrected chi connectivity index (χ2v) is 13.9. The zero-order valence-corrected chi connectivity index (χ0v) is 29.9. The number of hydrogen-bond acceptors (Lipinski definition) is 8. The smallest absolute Gasteiger partial charge is 0.274 e. The Labute approximate surface area is 296 Å². The lowest BCUT2D eigenvalue weighted by atomic mass is 10.1. The number of carbonyl (C=O) groups is 3. The molecule has 0 bridgehead atoms. The second-order valence-electron chi connectivity index (χ2n) is 12.8. The van der Waals surface area contributed by atoms with Gasteiger partial charge in [-0.15, -0.1) is 11.3 Å². The first-order valence-electron chi connectivity index (χ1n) is 16.7. The number of anilines is 3. The van der Waals surface area contributed by atoms with Crippen molar-refractivity contribution in [2.75, 3.05) is 43.1 Å². The van der Waals surface area contributed by atoms with Crippen molar-refractivity contribution in [2.45, 2.75) is 33.1 Å². The molecule has 0 atom stereocenters. The fourth-order valence-electron chi connectivity index (χ4n) is 5.21. The third-order valence-corrected chi connectivity index (χ3v) is 8.96. The Morgan fingerprint density at radius 1 is 0.960 bits per heavy atom. The standard InChI is InChI=1S/C38H44N8O3S/c1-25(2)11-16-33-34(37(49)40-18-8-20-45(3)4)43-38(50-33)44-36(48)32-22-30(24-46(32)5)42-35(47)27-12-14-29(15-13-27)39-19-17-26-21-28-9-6-7-10-31(28)41-23-26/h6-7,9-10,12-15,17,19,21-25,39H,8,11,16,18,20H2,1-5H3,(H,40,49)(H,42,47)(H,43,44,48)/b19-17+. The minimum absolute atomic E-state index is 0.234. The third kappa shape index (κ3) is 9.86. The quantitative estimate of drug-likeness (QED) is 0.0879. The summed E-state index contributed by atoms with van der Waals surface area (Å²) in [5.74, 6) is -0.470. The van der Waals surface area contributed by atoms with Crippen LogP contribution in [0.3, 0.4) is 0 Å². The molecule has 12 heteroatoms. The predicted molar refractivity (Wildman–Crippen MR) is 203 cm³/mol. The summed E-state index contributed by atoms with van der Waals surface area (Å²) in [5, 5.41) is 13.3. The highest BCUT2D eigenvalue weighted by molar-refractivity contribution is 7.16. The van der Waals surface area contributed by atoms with Gasteiger partial charge in [-0.05, 0) is 99.9 Å². The van der Waals surface area contributed by atoms with Gasteiger partial charge in [0.25, 0.3) is 17.7 Å². The Morgan fingerprint density at radius 2 is 1.74 bits per heavy atom. The highest BCUT2D eigenvalue weighted by atomic mass is 32.1. The minimum Gasteiger partial charge on any atom is -0.362 e. The Kier molecular flexibility index (Phi) is 12.1. The van der Waals surface area contributed by atoms with Crippen molar-refractivity contribution in [3.05, 3.63) is 107 Å². The van der Waals surface area contributed by atoms with Gasteiger partial charge in [-0.3, -0.25) is 24.7 Å². The molecular formula is C38H44N8O3S. The predicted octanol–water partition coefficient (Wildman–Crippen LogP) is 6.89. The molecule has 0 aliphatic heterocycles. The van der Waals surface area contributed by atoms with Crippen LogP contribution in [0.1, 0.15) is 68.5 Å². The van der Waals surface area contributed by atoms with Crippen LogP contribution in [0, 0.1) is 5.92 Å². The number of amides is 3. The third-order valence-electron chi connectivity index (χ3n) is 7.93. The zero-order chi connectivity index (χ0) is 35.6. The van der Waals surface area contributed by atoms with Crippen LogP contribution in [0.4, 0.5) is 16.5 Å². The Morgan fingerprint density at radius 3 is 2.50 bits per heavy atom. The van der Waals surface area contributed by atoms with Crippen molar-refractivity contribution in [2.24, 2.45) is 13.0 Å². The molecule has 0 saturated heterocycles. The number of aromatic nitrogens is 3. The van der Waals surface area contributed by atoms with E-state index in [0.717, 1.165) is 46.4 Å². The number of hydrogen-bond donors (Lipinski definition) is 4. The van der Waals surface area contributed by atoms with Crippen LogP contribution in [0.25, 0.3) is 17.0 Å². The average Bonchev–Trinajstić information content (AvgIpc) is 3.68. The molecular weight excluding hydrogens is 649 g/mol. The number of para-hydroxylation sites is 1. The second kappa shape index (κ2) is 16.9. The number of rotatable bonds is 15. The molecule has 0 radical (unpaired) electrons. The van der Waals surface area contributed by atoms with Gasteiger partial charge in [0, 0.05) is 53.7 Å². The van der Waals surface area contributed by atoms with Gasteiger partial charge in [-0.2, -0.15) is 0 Å². The molecule has 0 saturated carbocycles. The van der Waals surface area contributed by atoms with Crippen molar-refractivity contribution in [3.63, 3.8) is 0 Å². The highest BCUT2D eigenvalue weighted by Crippen LogP contribution is 2.27. The van der Waals surface area contributed by atoms with Gasteiger partial charge in [0.1, 0.15) is 11.4 Å². The fraction of sp³-hybridized carbons (Fsp3) is 0.289. The van der Waals surface area contributed by atoms with Gasteiger partial charge in [0.05, 0.1) is 11.2 Å². The zero-order valence-electron chi connectivity index (χ0n) is 29.1. The molecule has 0 aliphatic rings. The number of fused-ring (bicyclic) bond motifs is 1. The first-order chi connectivity index (χ1) is 24.0. The summed E-state index contributed by atoms with van der Waals surface area (Å²) in [6.07, 6.45) is 9.69. The minimum atomic E-state index is -0.391.